The van der Waals surface area contributed by atoms with Gasteiger partial charge in [-0.1, -0.05) is 36.4 Å². The Morgan fingerprint density at radius 3 is 2.42 bits per heavy atom. The number of hydrogen-bond donors (Lipinski definition) is 2. The molecule has 1 saturated heterocycles. The van der Waals surface area contributed by atoms with Gasteiger partial charge in [-0.25, -0.2) is 4.79 Å². The highest BCUT2D eigenvalue weighted by Gasteiger charge is 2.50. The molecule has 2 aromatic carbocycles. The second-order valence-electron chi connectivity index (χ2n) is 6.45. The minimum absolute atomic E-state index is 0.352. The van der Waals surface area contributed by atoms with Gasteiger partial charge in [-0.15, -0.1) is 0 Å². The smallest absolute Gasteiger partial charge is 0.344 e. The van der Waals surface area contributed by atoms with Crippen LogP contribution in [-0.4, -0.2) is 36.9 Å². The third-order valence-corrected chi connectivity index (χ3v) is 4.38. The molecule has 1 unspecified atom stereocenters. The lowest BCUT2D eigenvalue weighted by Gasteiger charge is -2.22. The van der Waals surface area contributed by atoms with Crippen LogP contribution in [0.15, 0.2) is 54.6 Å². The molecule has 1 aliphatic rings. The van der Waals surface area contributed by atoms with Gasteiger partial charge in [0.1, 0.15) is 5.54 Å². The van der Waals surface area contributed by atoms with Crippen LogP contribution in [0, 0.1) is 0 Å². The summed E-state index contributed by atoms with van der Waals surface area (Å²) in [6, 6.07) is 15.1. The van der Waals surface area contributed by atoms with Crippen molar-refractivity contribution in [3.8, 4) is 0 Å². The summed E-state index contributed by atoms with van der Waals surface area (Å²) in [5, 5.41) is 3.38. The van der Waals surface area contributed by atoms with Crippen molar-refractivity contribution in [2.24, 2.45) is 0 Å². The number of nitrogens with one attached hydrogen (secondary N) is 2. The Bertz CT molecular complexity index is 866. The largest absolute Gasteiger partial charge is 0.378 e. The fourth-order valence-electron chi connectivity index (χ4n) is 2.80. The van der Waals surface area contributed by atoms with Crippen LogP contribution in [0.5, 0.6) is 0 Å². The van der Waals surface area contributed by atoms with Crippen molar-refractivity contribution in [3.63, 3.8) is 0 Å². The SMILES string of the molecule is CN(C)c1cccc(C(=O)NN2C(=O)NC(C)(c3ccccc3)C2=O)c1. The van der Waals surface area contributed by atoms with E-state index in [-0.39, 0.29) is 0 Å². The predicted molar refractivity (Wildman–Crippen MR) is 97.4 cm³/mol. The van der Waals surface area contributed by atoms with Crippen molar-refractivity contribution in [2.75, 3.05) is 19.0 Å². The summed E-state index contributed by atoms with van der Waals surface area (Å²) in [6.07, 6.45) is 0. The molecule has 1 fully saturated rings. The Morgan fingerprint density at radius 1 is 1.08 bits per heavy atom. The molecule has 1 atom stereocenters. The number of nitrogens with zero attached hydrogens (tertiary/aromatic N) is 2. The summed E-state index contributed by atoms with van der Waals surface area (Å²) >= 11 is 0. The van der Waals surface area contributed by atoms with Gasteiger partial charge in [-0.3, -0.25) is 15.0 Å². The Morgan fingerprint density at radius 2 is 1.77 bits per heavy atom. The molecule has 0 saturated carbocycles. The van der Waals surface area contributed by atoms with Gasteiger partial charge < -0.3 is 10.2 Å². The first-order valence-electron chi connectivity index (χ1n) is 8.13. The lowest BCUT2D eigenvalue weighted by atomic mass is 9.92. The number of carbonyl (C=O) groups is 3. The van der Waals surface area contributed by atoms with E-state index >= 15 is 0 Å². The molecule has 0 radical (unpaired) electrons. The van der Waals surface area contributed by atoms with Gasteiger partial charge in [0.05, 0.1) is 0 Å². The third-order valence-electron chi connectivity index (χ3n) is 4.38. The van der Waals surface area contributed by atoms with E-state index in [1.807, 2.05) is 31.1 Å². The fourth-order valence-corrected chi connectivity index (χ4v) is 2.80. The monoisotopic (exact) mass is 352 g/mol. The molecule has 1 aliphatic heterocycles. The van der Waals surface area contributed by atoms with Crippen LogP contribution in [0.3, 0.4) is 0 Å². The molecule has 2 N–H and O–H groups in total. The zero-order valence-corrected chi connectivity index (χ0v) is 14.8. The number of carbonyl (C=O) groups excluding carboxylic acids is 3. The average Bonchev–Trinajstić information content (AvgIpc) is 2.86. The van der Waals surface area contributed by atoms with Crippen molar-refractivity contribution in [3.05, 3.63) is 65.7 Å². The number of urea groups is 1. The standard InChI is InChI=1S/C19H20N4O3/c1-19(14-9-5-4-6-10-14)17(25)23(18(26)20-19)21-16(24)13-8-7-11-15(12-13)22(2)3/h4-12H,1-3H3,(H,20,26)(H,21,24). The Hall–Kier alpha value is -3.35. The van der Waals surface area contributed by atoms with Gasteiger partial charge in [0, 0.05) is 25.3 Å². The third kappa shape index (κ3) is 2.99. The zero-order valence-electron chi connectivity index (χ0n) is 14.8. The first kappa shape index (κ1) is 17.5. The maximum atomic E-state index is 12.8. The molecule has 0 aromatic heterocycles. The van der Waals surface area contributed by atoms with E-state index in [0.29, 0.717) is 11.1 Å². The summed E-state index contributed by atoms with van der Waals surface area (Å²) in [6.45, 7) is 1.61. The van der Waals surface area contributed by atoms with Crippen molar-refractivity contribution in [1.82, 2.24) is 15.8 Å². The van der Waals surface area contributed by atoms with Crippen molar-refractivity contribution >= 4 is 23.5 Å². The van der Waals surface area contributed by atoms with Crippen LogP contribution in [0.2, 0.25) is 0 Å². The maximum absolute atomic E-state index is 12.8. The minimum atomic E-state index is -1.23. The van der Waals surface area contributed by atoms with Crippen LogP contribution in [0.4, 0.5) is 10.5 Å². The van der Waals surface area contributed by atoms with Gasteiger partial charge in [-0.05, 0) is 30.7 Å². The van der Waals surface area contributed by atoms with Crippen LogP contribution < -0.4 is 15.6 Å². The number of benzene rings is 2. The number of imide groups is 1. The Labute approximate surface area is 151 Å². The van der Waals surface area contributed by atoms with Gasteiger partial charge in [0.2, 0.25) is 0 Å². The first-order valence-corrected chi connectivity index (χ1v) is 8.13. The minimum Gasteiger partial charge on any atom is -0.378 e. The molecule has 1 heterocycles. The molecular formula is C19H20N4O3. The lowest BCUT2D eigenvalue weighted by molar-refractivity contribution is -0.132. The van der Waals surface area contributed by atoms with E-state index in [1.54, 1.807) is 49.4 Å². The molecule has 0 bridgehead atoms. The van der Waals surface area contributed by atoms with E-state index in [4.69, 9.17) is 0 Å². The number of hydrogen-bond acceptors (Lipinski definition) is 4. The normalized spacial score (nSPS) is 19.3. The van der Waals surface area contributed by atoms with E-state index in [0.717, 1.165) is 10.7 Å². The Balaban J connectivity index is 1.82. The summed E-state index contributed by atoms with van der Waals surface area (Å²) in [4.78, 5) is 39.5. The van der Waals surface area contributed by atoms with Gasteiger partial charge >= 0.3 is 6.03 Å². The predicted octanol–water partition coefficient (Wildman–Crippen LogP) is 1.86. The number of rotatable bonds is 4. The molecule has 7 nitrogen and oxygen atoms in total. The Kier molecular flexibility index (Phi) is 4.38. The van der Waals surface area contributed by atoms with Gasteiger partial charge in [0.15, 0.2) is 0 Å². The topological polar surface area (TPSA) is 81.8 Å². The second kappa shape index (κ2) is 6.51. The number of anilines is 1. The summed E-state index contributed by atoms with van der Waals surface area (Å²) in [5.41, 5.74) is 3.01. The molecule has 0 aliphatic carbocycles. The molecule has 134 valence electrons. The molecule has 3 rings (SSSR count). The molecule has 26 heavy (non-hydrogen) atoms. The summed E-state index contributed by atoms with van der Waals surface area (Å²) in [7, 11) is 3.72. The van der Waals surface area contributed by atoms with Gasteiger partial charge in [-0.2, -0.15) is 5.01 Å². The molecule has 2 aromatic rings. The molecule has 4 amide bonds. The number of hydrazine groups is 1. The number of amides is 4. The summed E-state index contributed by atoms with van der Waals surface area (Å²) < 4.78 is 0. The lowest BCUT2D eigenvalue weighted by Crippen LogP contribution is -2.47. The van der Waals surface area contributed by atoms with Crippen molar-refractivity contribution in [1.29, 1.82) is 0 Å². The molecule has 0 spiro atoms. The van der Waals surface area contributed by atoms with Crippen LogP contribution in [-0.2, 0) is 10.3 Å². The maximum Gasteiger partial charge on any atom is 0.344 e. The zero-order chi connectivity index (χ0) is 18.9. The van der Waals surface area contributed by atoms with E-state index in [2.05, 4.69) is 10.7 Å². The second-order valence-corrected chi connectivity index (χ2v) is 6.45. The van der Waals surface area contributed by atoms with Crippen LogP contribution in [0.25, 0.3) is 0 Å². The highest BCUT2D eigenvalue weighted by atomic mass is 16.2. The van der Waals surface area contributed by atoms with Gasteiger partial charge in [0.25, 0.3) is 11.8 Å². The highest BCUT2D eigenvalue weighted by molar-refractivity contribution is 6.09. The van der Waals surface area contributed by atoms with E-state index in [9.17, 15) is 14.4 Å². The molecular weight excluding hydrogens is 332 g/mol. The summed E-state index contributed by atoms with van der Waals surface area (Å²) in [5.74, 6) is -1.07. The van der Waals surface area contributed by atoms with Crippen molar-refractivity contribution in [2.45, 2.75) is 12.5 Å². The van der Waals surface area contributed by atoms with E-state index in [1.165, 1.54) is 0 Å². The van der Waals surface area contributed by atoms with Crippen LogP contribution in [0.1, 0.15) is 22.8 Å². The average molecular weight is 352 g/mol. The van der Waals surface area contributed by atoms with Crippen molar-refractivity contribution < 1.29 is 14.4 Å². The highest BCUT2D eigenvalue weighted by Crippen LogP contribution is 2.27. The quantitative estimate of drug-likeness (QED) is 0.823. The molecule has 7 heteroatoms. The first-order chi connectivity index (χ1) is 12.3. The fraction of sp³-hybridized carbons (Fsp3) is 0.211. The van der Waals surface area contributed by atoms with Crippen LogP contribution >= 0.6 is 0 Å². The van der Waals surface area contributed by atoms with E-state index < -0.39 is 23.4 Å².